The lowest BCUT2D eigenvalue weighted by molar-refractivity contribution is 0.199. The van der Waals surface area contributed by atoms with E-state index in [9.17, 15) is 0 Å². The third-order valence-corrected chi connectivity index (χ3v) is 2.86. The maximum Gasteiger partial charge on any atom is 0.110 e. The van der Waals surface area contributed by atoms with Crippen LogP contribution in [0, 0.1) is 0 Å². The van der Waals surface area contributed by atoms with Gasteiger partial charge in [-0.1, -0.05) is 5.21 Å². The van der Waals surface area contributed by atoms with Gasteiger partial charge in [0.25, 0.3) is 0 Å². The molecule has 0 saturated carbocycles. The maximum atomic E-state index is 4.96. The van der Waals surface area contributed by atoms with E-state index in [0.29, 0.717) is 13.2 Å². The molecular weight excluding hydrogens is 244 g/mol. The summed E-state index contributed by atoms with van der Waals surface area (Å²) < 4.78 is 8.83. The van der Waals surface area contributed by atoms with Crippen LogP contribution in [0.4, 0.5) is 0 Å². The normalized spacial score (nSPS) is 11.1. The highest BCUT2D eigenvalue weighted by atomic mass is 16.5. The number of hydrogen-bond donors (Lipinski definition) is 1. The first kappa shape index (κ1) is 13.7. The minimum atomic E-state index is 0.702. The lowest BCUT2D eigenvalue weighted by Gasteiger charge is -2.01. The van der Waals surface area contributed by atoms with Gasteiger partial charge in [0.15, 0.2) is 0 Å². The zero-order valence-electron chi connectivity index (χ0n) is 11.4. The predicted molar refractivity (Wildman–Crippen MR) is 70.5 cm³/mol. The second-order valence-corrected chi connectivity index (χ2v) is 4.35. The zero-order valence-corrected chi connectivity index (χ0v) is 11.4. The van der Waals surface area contributed by atoms with Gasteiger partial charge in [0.05, 0.1) is 12.3 Å². The highest BCUT2D eigenvalue weighted by Gasteiger charge is 2.03. The summed E-state index contributed by atoms with van der Waals surface area (Å²) in [5.74, 6) is 1.05. The molecular formula is C12H20N6O. The molecule has 0 spiro atoms. The second-order valence-electron chi connectivity index (χ2n) is 4.35. The Labute approximate surface area is 112 Å². The Morgan fingerprint density at radius 2 is 2.32 bits per heavy atom. The number of imidazole rings is 1. The van der Waals surface area contributed by atoms with Gasteiger partial charge in [-0.3, -0.25) is 4.68 Å². The van der Waals surface area contributed by atoms with Crippen LogP contribution in [0.5, 0.6) is 0 Å². The number of hydrogen-bond acceptors (Lipinski definition) is 5. The van der Waals surface area contributed by atoms with E-state index in [2.05, 4.69) is 20.6 Å². The van der Waals surface area contributed by atoms with Crippen LogP contribution >= 0.6 is 0 Å². The number of nitrogens with one attached hydrogen (secondary N) is 1. The Balaban J connectivity index is 1.76. The van der Waals surface area contributed by atoms with Crippen molar-refractivity contribution in [2.75, 3.05) is 20.3 Å². The highest BCUT2D eigenvalue weighted by Crippen LogP contribution is 1.99. The van der Waals surface area contributed by atoms with Gasteiger partial charge in [0.1, 0.15) is 5.82 Å². The third kappa shape index (κ3) is 4.15. The Morgan fingerprint density at radius 1 is 1.42 bits per heavy atom. The lowest BCUT2D eigenvalue weighted by Crippen LogP contribution is -2.18. The quantitative estimate of drug-likeness (QED) is 0.679. The van der Waals surface area contributed by atoms with Crippen LogP contribution in [0.3, 0.4) is 0 Å². The average molecular weight is 264 g/mol. The first-order valence-corrected chi connectivity index (χ1v) is 6.34. The van der Waals surface area contributed by atoms with E-state index in [1.54, 1.807) is 7.11 Å². The Kier molecular flexibility index (Phi) is 5.05. The number of methoxy groups -OCH3 is 1. The molecule has 0 aliphatic rings. The van der Waals surface area contributed by atoms with Gasteiger partial charge < -0.3 is 14.6 Å². The first-order valence-electron chi connectivity index (χ1n) is 6.34. The number of rotatable bonds is 8. The van der Waals surface area contributed by atoms with Gasteiger partial charge in [-0.2, -0.15) is 0 Å². The van der Waals surface area contributed by atoms with Crippen molar-refractivity contribution in [3.8, 4) is 0 Å². The molecule has 104 valence electrons. The van der Waals surface area contributed by atoms with Crippen molar-refractivity contribution in [1.82, 2.24) is 29.9 Å². The largest absolute Gasteiger partial charge is 0.383 e. The van der Waals surface area contributed by atoms with E-state index in [-0.39, 0.29) is 0 Å². The molecule has 0 bridgehead atoms. The predicted octanol–water partition coefficient (Wildman–Crippen LogP) is -0.00970. The molecule has 2 aromatic rings. The Hall–Kier alpha value is -1.73. The minimum absolute atomic E-state index is 0.702. The number of ether oxygens (including phenoxy) is 1. The second kappa shape index (κ2) is 7.01. The molecule has 0 amide bonds. The summed E-state index contributed by atoms with van der Waals surface area (Å²) >= 11 is 0. The van der Waals surface area contributed by atoms with Crippen molar-refractivity contribution in [3.63, 3.8) is 0 Å². The van der Waals surface area contributed by atoms with E-state index in [4.69, 9.17) is 4.74 Å². The van der Waals surface area contributed by atoms with E-state index in [1.165, 1.54) is 0 Å². The van der Waals surface area contributed by atoms with E-state index < -0.39 is 0 Å². The van der Waals surface area contributed by atoms with Gasteiger partial charge in [0.2, 0.25) is 0 Å². The van der Waals surface area contributed by atoms with Crippen LogP contribution in [-0.2, 0) is 31.3 Å². The summed E-state index contributed by atoms with van der Waals surface area (Å²) in [5, 5.41) is 11.5. The van der Waals surface area contributed by atoms with Crippen molar-refractivity contribution in [2.45, 2.75) is 19.5 Å². The Bertz CT molecular complexity index is 492. The molecule has 0 aliphatic carbocycles. The van der Waals surface area contributed by atoms with Gasteiger partial charge in [-0.15, -0.1) is 5.10 Å². The molecule has 0 fully saturated rings. The monoisotopic (exact) mass is 264 g/mol. The first-order chi connectivity index (χ1) is 9.29. The van der Waals surface area contributed by atoms with Crippen molar-refractivity contribution in [1.29, 1.82) is 0 Å². The van der Waals surface area contributed by atoms with Gasteiger partial charge >= 0.3 is 0 Å². The van der Waals surface area contributed by atoms with Crippen molar-refractivity contribution >= 4 is 0 Å². The van der Waals surface area contributed by atoms with E-state index in [1.807, 2.05) is 34.9 Å². The standard InChI is InChI=1S/C12H20N6O/c1-17-7-4-14-12(17)3-6-18-10-11(15-16-18)9-13-5-8-19-2/h4,7,10,13H,3,5-6,8-9H2,1-2H3. The fraction of sp³-hybridized carbons (Fsp3) is 0.583. The highest BCUT2D eigenvalue weighted by molar-refractivity contribution is 4.94. The molecule has 0 saturated heterocycles. The summed E-state index contributed by atoms with van der Waals surface area (Å²) in [4.78, 5) is 4.28. The molecule has 1 N–H and O–H groups in total. The maximum absolute atomic E-state index is 4.96. The average Bonchev–Trinajstić information content (AvgIpc) is 3.01. The summed E-state index contributed by atoms with van der Waals surface area (Å²) in [6, 6.07) is 0. The molecule has 2 rings (SSSR count). The summed E-state index contributed by atoms with van der Waals surface area (Å²) in [5.41, 5.74) is 0.941. The van der Waals surface area contributed by atoms with Gasteiger partial charge in [-0.25, -0.2) is 4.98 Å². The summed E-state index contributed by atoms with van der Waals surface area (Å²) in [6.45, 7) is 3.02. The van der Waals surface area contributed by atoms with Crippen LogP contribution < -0.4 is 5.32 Å². The SMILES string of the molecule is COCCNCc1cn(CCc2nccn2C)nn1. The minimum Gasteiger partial charge on any atom is -0.383 e. The van der Waals surface area contributed by atoms with Gasteiger partial charge in [0, 0.05) is 58.8 Å². The fourth-order valence-corrected chi connectivity index (χ4v) is 1.77. The molecule has 2 aromatic heterocycles. The van der Waals surface area contributed by atoms with Crippen LogP contribution in [0.1, 0.15) is 11.5 Å². The molecule has 0 aliphatic heterocycles. The van der Waals surface area contributed by atoms with Crippen molar-refractivity contribution in [2.24, 2.45) is 7.05 Å². The Morgan fingerprint density at radius 3 is 3.05 bits per heavy atom. The molecule has 0 unspecified atom stereocenters. The van der Waals surface area contributed by atoms with Crippen LogP contribution in [0.2, 0.25) is 0 Å². The fourth-order valence-electron chi connectivity index (χ4n) is 1.77. The molecule has 0 aromatic carbocycles. The van der Waals surface area contributed by atoms with Crippen molar-refractivity contribution in [3.05, 3.63) is 30.1 Å². The third-order valence-electron chi connectivity index (χ3n) is 2.86. The van der Waals surface area contributed by atoms with Gasteiger partial charge in [-0.05, 0) is 0 Å². The molecule has 7 nitrogen and oxygen atoms in total. The van der Waals surface area contributed by atoms with E-state index in [0.717, 1.165) is 31.0 Å². The zero-order chi connectivity index (χ0) is 13.5. The van der Waals surface area contributed by atoms with Crippen LogP contribution in [-0.4, -0.2) is 44.8 Å². The molecule has 19 heavy (non-hydrogen) atoms. The topological polar surface area (TPSA) is 69.8 Å². The summed E-state index contributed by atoms with van der Waals surface area (Å²) in [6.07, 6.45) is 6.57. The number of aryl methyl sites for hydroxylation is 3. The number of aromatic nitrogens is 5. The molecule has 2 heterocycles. The van der Waals surface area contributed by atoms with Crippen LogP contribution in [0.25, 0.3) is 0 Å². The molecule has 7 heteroatoms. The molecule has 0 radical (unpaired) electrons. The lowest BCUT2D eigenvalue weighted by atomic mass is 10.4. The summed E-state index contributed by atoms with van der Waals surface area (Å²) in [7, 11) is 3.68. The van der Waals surface area contributed by atoms with Crippen LogP contribution in [0.15, 0.2) is 18.6 Å². The smallest absolute Gasteiger partial charge is 0.110 e. The molecule has 0 atom stereocenters. The van der Waals surface area contributed by atoms with Crippen molar-refractivity contribution < 1.29 is 4.74 Å². The number of nitrogens with zero attached hydrogens (tertiary/aromatic N) is 5. The van der Waals surface area contributed by atoms with E-state index >= 15 is 0 Å².